The van der Waals surface area contributed by atoms with E-state index in [0.717, 1.165) is 46.5 Å². The molecule has 0 radical (unpaired) electrons. The largest absolute Gasteiger partial charge is 0.493 e. The zero-order valence-electron chi connectivity index (χ0n) is 19.8. The minimum atomic E-state index is -0.0732. The molecule has 4 aromatic rings. The summed E-state index contributed by atoms with van der Waals surface area (Å²) in [4.78, 5) is 19.6. The second kappa shape index (κ2) is 11.0. The zero-order valence-corrected chi connectivity index (χ0v) is 21.4. The number of fused-ring (bicyclic) bond motifs is 1. The van der Waals surface area contributed by atoms with E-state index in [9.17, 15) is 4.79 Å². The Labute approximate surface area is 219 Å². The number of aromatic nitrogens is 2. The molecule has 3 heterocycles. The molecular weight excluding hydrogens is 490 g/mol. The number of nitrogens with zero attached hydrogens (tertiary/aromatic N) is 3. The molecule has 0 spiro atoms. The predicted octanol–water partition coefficient (Wildman–Crippen LogP) is 5.92. The van der Waals surface area contributed by atoms with Crippen LogP contribution in [0.1, 0.15) is 17.5 Å². The van der Waals surface area contributed by atoms with E-state index in [1.807, 2.05) is 54.6 Å². The Morgan fingerprint density at radius 1 is 1.06 bits per heavy atom. The molecule has 5 rings (SSSR count). The molecule has 1 saturated heterocycles. The van der Waals surface area contributed by atoms with Gasteiger partial charge in [-0.1, -0.05) is 60.4 Å². The number of para-hydroxylation sites is 3. The molecule has 0 N–H and O–H groups in total. The van der Waals surface area contributed by atoms with Crippen LogP contribution in [0, 0.1) is 0 Å². The van der Waals surface area contributed by atoms with Gasteiger partial charge in [-0.25, -0.2) is 0 Å². The maximum absolute atomic E-state index is 13.2. The fraction of sp³-hybridized carbons (Fsp3) is 0.179. The summed E-state index contributed by atoms with van der Waals surface area (Å²) in [7, 11) is 1.64. The molecule has 6 nitrogen and oxygen atoms in total. The summed E-state index contributed by atoms with van der Waals surface area (Å²) >= 11 is 6.86. The number of amides is 1. The molecule has 0 unspecified atom stereocenters. The van der Waals surface area contributed by atoms with Crippen molar-refractivity contribution >= 4 is 51.2 Å². The molecule has 36 heavy (non-hydrogen) atoms. The Balaban J connectivity index is 1.31. The summed E-state index contributed by atoms with van der Waals surface area (Å²) in [5, 5.41) is 1.10. The fourth-order valence-corrected chi connectivity index (χ4v) is 5.43. The first-order valence-corrected chi connectivity index (χ1v) is 12.8. The monoisotopic (exact) mass is 515 g/mol. The first-order chi connectivity index (χ1) is 17.6. The Morgan fingerprint density at radius 3 is 2.67 bits per heavy atom. The summed E-state index contributed by atoms with van der Waals surface area (Å²) in [6.45, 7) is 1.77. The van der Waals surface area contributed by atoms with E-state index in [1.54, 1.807) is 24.4 Å². The van der Waals surface area contributed by atoms with Gasteiger partial charge in [0.2, 0.25) is 0 Å². The number of methoxy groups -OCH3 is 1. The lowest BCUT2D eigenvalue weighted by Crippen LogP contribution is -2.27. The van der Waals surface area contributed by atoms with Crippen LogP contribution in [-0.4, -0.2) is 38.4 Å². The van der Waals surface area contributed by atoms with Crippen LogP contribution in [0.25, 0.3) is 17.0 Å². The Bertz CT molecular complexity index is 1430. The van der Waals surface area contributed by atoms with Crippen LogP contribution in [0.2, 0.25) is 0 Å². The second-order valence-electron chi connectivity index (χ2n) is 8.28. The topological polar surface area (TPSA) is 56.6 Å². The van der Waals surface area contributed by atoms with Gasteiger partial charge in [-0.2, -0.15) is 0 Å². The van der Waals surface area contributed by atoms with Crippen LogP contribution in [-0.2, 0) is 17.9 Å². The smallest absolute Gasteiger partial charge is 0.266 e. The zero-order chi connectivity index (χ0) is 24.9. The van der Waals surface area contributed by atoms with Crippen molar-refractivity contribution in [1.82, 2.24) is 14.5 Å². The van der Waals surface area contributed by atoms with E-state index in [1.165, 1.54) is 11.8 Å². The lowest BCUT2D eigenvalue weighted by atomic mass is 10.1. The minimum Gasteiger partial charge on any atom is -0.493 e. The van der Waals surface area contributed by atoms with Gasteiger partial charge in [0.1, 0.15) is 4.32 Å². The molecular formula is C28H25N3O3S2. The van der Waals surface area contributed by atoms with Crippen LogP contribution in [0.5, 0.6) is 11.5 Å². The van der Waals surface area contributed by atoms with Crippen molar-refractivity contribution in [3.8, 4) is 11.5 Å². The average molecular weight is 516 g/mol. The number of ether oxygens (including phenoxy) is 2. The minimum absolute atomic E-state index is 0.0732. The summed E-state index contributed by atoms with van der Waals surface area (Å²) in [5.74, 6) is 1.40. The number of hydrogen-bond donors (Lipinski definition) is 0. The van der Waals surface area contributed by atoms with E-state index in [2.05, 4.69) is 27.9 Å². The Morgan fingerprint density at radius 2 is 1.86 bits per heavy atom. The normalized spacial score (nSPS) is 14.7. The molecule has 0 saturated carbocycles. The number of carbonyl (C=O) groups excluding carboxylic acids is 1. The molecule has 182 valence electrons. The molecule has 1 aliphatic rings. The molecule has 2 aromatic carbocycles. The summed E-state index contributed by atoms with van der Waals surface area (Å²) in [6.07, 6.45) is 8.35. The molecule has 2 aromatic heterocycles. The molecule has 1 fully saturated rings. The lowest BCUT2D eigenvalue weighted by Gasteiger charge is -2.13. The number of pyridine rings is 1. The predicted molar refractivity (Wildman–Crippen MR) is 148 cm³/mol. The number of carbonyl (C=O) groups is 1. The van der Waals surface area contributed by atoms with E-state index in [4.69, 9.17) is 21.7 Å². The van der Waals surface area contributed by atoms with Crippen LogP contribution >= 0.6 is 24.0 Å². The van der Waals surface area contributed by atoms with Crippen molar-refractivity contribution in [2.75, 3.05) is 13.7 Å². The van der Waals surface area contributed by atoms with E-state index in [0.29, 0.717) is 22.4 Å². The molecule has 0 atom stereocenters. The average Bonchev–Trinajstić information content (AvgIpc) is 3.39. The number of benzene rings is 2. The lowest BCUT2D eigenvalue weighted by molar-refractivity contribution is -0.122. The van der Waals surface area contributed by atoms with E-state index < -0.39 is 0 Å². The Hall–Kier alpha value is -3.62. The van der Waals surface area contributed by atoms with Crippen LogP contribution < -0.4 is 9.47 Å². The summed E-state index contributed by atoms with van der Waals surface area (Å²) in [6, 6.07) is 19.7. The van der Waals surface area contributed by atoms with E-state index >= 15 is 0 Å². The molecule has 1 amide bonds. The van der Waals surface area contributed by atoms with Gasteiger partial charge < -0.3 is 14.0 Å². The van der Waals surface area contributed by atoms with Gasteiger partial charge in [0, 0.05) is 41.6 Å². The summed E-state index contributed by atoms with van der Waals surface area (Å²) in [5.41, 5.74) is 3.06. The van der Waals surface area contributed by atoms with Crippen molar-refractivity contribution in [2.24, 2.45) is 0 Å². The van der Waals surface area contributed by atoms with Crippen molar-refractivity contribution in [3.63, 3.8) is 0 Å². The molecule has 1 aliphatic heterocycles. The van der Waals surface area contributed by atoms with Gasteiger partial charge in [0.05, 0.1) is 25.2 Å². The van der Waals surface area contributed by atoms with Gasteiger partial charge in [-0.3, -0.25) is 14.7 Å². The summed E-state index contributed by atoms with van der Waals surface area (Å²) < 4.78 is 14.1. The van der Waals surface area contributed by atoms with Gasteiger partial charge in [0.15, 0.2) is 11.5 Å². The third kappa shape index (κ3) is 5.15. The van der Waals surface area contributed by atoms with Crippen molar-refractivity contribution in [1.29, 1.82) is 0 Å². The molecule has 0 bridgehead atoms. The number of aryl methyl sites for hydroxylation is 1. The first-order valence-electron chi connectivity index (χ1n) is 11.6. The molecule has 0 aliphatic carbocycles. The highest BCUT2D eigenvalue weighted by molar-refractivity contribution is 8.26. The highest BCUT2D eigenvalue weighted by Crippen LogP contribution is 2.35. The third-order valence-electron chi connectivity index (χ3n) is 5.91. The number of rotatable bonds is 9. The van der Waals surface area contributed by atoms with E-state index in [-0.39, 0.29) is 5.91 Å². The quantitative estimate of drug-likeness (QED) is 0.157. The van der Waals surface area contributed by atoms with Crippen LogP contribution in [0.4, 0.5) is 0 Å². The van der Waals surface area contributed by atoms with Crippen molar-refractivity contribution in [3.05, 3.63) is 95.3 Å². The van der Waals surface area contributed by atoms with Gasteiger partial charge >= 0.3 is 0 Å². The van der Waals surface area contributed by atoms with Crippen molar-refractivity contribution in [2.45, 2.75) is 19.5 Å². The Kier molecular flexibility index (Phi) is 7.34. The SMILES string of the molecule is COc1ccccc1OCCCn1cc(/C=C2\SC(=S)N(Cc3cccnc3)C2=O)c2ccccc21. The second-order valence-corrected chi connectivity index (χ2v) is 9.95. The fourth-order valence-electron chi connectivity index (χ4n) is 4.18. The number of thiocarbonyl (C=S) groups is 1. The number of thioether (sulfide) groups is 1. The standard InChI is InChI=1S/C28H25N3O3S2/c1-33-24-11-4-5-12-25(24)34-15-7-14-30-19-21(22-9-2-3-10-23(22)30)16-26-27(32)31(28(35)36-26)18-20-8-6-13-29-17-20/h2-6,8-13,16-17,19H,7,14-15,18H2,1H3/b26-16-. The van der Waals surface area contributed by atoms with Gasteiger partial charge in [-0.05, 0) is 42.3 Å². The van der Waals surface area contributed by atoms with Crippen LogP contribution in [0.15, 0.2) is 84.2 Å². The van der Waals surface area contributed by atoms with Gasteiger partial charge in [0.25, 0.3) is 5.91 Å². The first kappa shape index (κ1) is 24.1. The van der Waals surface area contributed by atoms with Crippen molar-refractivity contribution < 1.29 is 14.3 Å². The third-order valence-corrected chi connectivity index (χ3v) is 7.29. The van der Waals surface area contributed by atoms with Gasteiger partial charge in [-0.15, -0.1) is 0 Å². The van der Waals surface area contributed by atoms with Crippen LogP contribution in [0.3, 0.4) is 0 Å². The maximum Gasteiger partial charge on any atom is 0.266 e. The highest BCUT2D eigenvalue weighted by Gasteiger charge is 2.32. The molecule has 8 heteroatoms. The number of hydrogen-bond acceptors (Lipinski definition) is 6. The highest BCUT2D eigenvalue weighted by atomic mass is 32.2. The maximum atomic E-state index is 13.2.